The van der Waals surface area contributed by atoms with Crippen molar-refractivity contribution in [2.24, 2.45) is 0 Å². The number of carbonyl (C=O) groups is 2. The van der Waals surface area contributed by atoms with E-state index in [1.165, 1.54) is 12.1 Å². The number of amides is 1. The smallest absolute Gasteiger partial charge is 0.333 e. The number of phosphoric ester groups is 1. The molecular weight excluding hydrogens is 606 g/mol. The Morgan fingerprint density at radius 1 is 1.13 bits per heavy atom. The molecule has 14 nitrogen and oxygen atoms in total. The lowest BCUT2D eigenvalue weighted by molar-refractivity contribution is 0.0290. The van der Waals surface area contributed by atoms with Gasteiger partial charge in [0.1, 0.15) is 17.3 Å². The van der Waals surface area contributed by atoms with Gasteiger partial charge in [-0.15, -0.1) is 0 Å². The van der Waals surface area contributed by atoms with Crippen molar-refractivity contribution in [3.05, 3.63) is 65.3 Å². The highest BCUT2D eigenvalue weighted by molar-refractivity contribution is 7.46. The van der Waals surface area contributed by atoms with Crippen LogP contribution in [0.5, 0.6) is 0 Å². The van der Waals surface area contributed by atoms with Crippen molar-refractivity contribution in [3.8, 4) is 11.3 Å². The maximum Gasteiger partial charge on any atom is 0.471 e. The number of hydrogen-bond donors (Lipinski definition) is 2. The minimum absolute atomic E-state index is 0.0105. The van der Waals surface area contributed by atoms with E-state index in [9.17, 15) is 18.5 Å². The number of phosphoric acid groups is 1. The van der Waals surface area contributed by atoms with Crippen LogP contribution in [-0.4, -0.2) is 93.4 Å². The summed E-state index contributed by atoms with van der Waals surface area (Å²) in [5.41, 5.74) is 3.19. The predicted molar refractivity (Wildman–Crippen MR) is 163 cm³/mol. The molecule has 0 bridgehead atoms. The number of piperazine rings is 1. The van der Waals surface area contributed by atoms with Gasteiger partial charge >= 0.3 is 7.82 Å². The van der Waals surface area contributed by atoms with Crippen LogP contribution in [0, 0.1) is 12.7 Å². The second-order valence-corrected chi connectivity index (χ2v) is 13.7. The van der Waals surface area contributed by atoms with Gasteiger partial charge in [-0.1, -0.05) is 20.8 Å². The quantitative estimate of drug-likeness (QED) is 0.233. The van der Waals surface area contributed by atoms with E-state index < -0.39 is 14.6 Å². The number of halogens is 1. The van der Waals surface area contributed by atoms with Crippen LogP contribution in [0.25, 0.3) is 16.9 Å². The highest BCUT2D eigenvalue weighted by Gasteiger charge is 2.35. The number of aryl methyl sites for hydroxylation is 1. The molecule has 1 aromatic carbocycles. The van der Waals surface area contributed by atoms with Crippen LogP contribution in [0.4, 0.5) is 4.39 Å². The van der Waals surface area contributed by atoms with Gasteiger partial charge in [-0.05, 0) is 63.6 Å². The first-order chi connectivity index (χ1) is 20.9. The molecule has 45 heavy (non-hydrogen) atoms. The van der Waals surface area contributed by atoms with Gasteiger partial charge in [0.2, 0.25) is 5.82 Å². The van der Waals surface area contributed by atoms with Crippen molar-refractivity contribution in [1.29, 1.82) is 0 Å². The topological polar surface area (TPSA) is 168 Å². The van der Waals surface area contributed by atoms with Gasteiger partial charge in [-0.25, -0.2) is 28.1 Å². The van der Waals surface area contributed by atoms with E-state index in [-0.39, 0.29) is 28.5 Å². The molecule has 2 N–H and O–H groups in total. The predicted octanol–water partition coefficient (Wildman–Crippen LogP) is 3.46. The number of rotatable bonds is 6. The van der Waals surface area contributed by atoms with E-state index in [0.29, 0.717) is 42.2 Å². The standard InChI is InChI=1S/C17H16FN3O.C12H22N5O5P/c1-17(2,3)14-8-15(11-4-6-12(18)7-5-11)20-21-9-13(10-22)19-16(14)21;1-9-13-10(17(14-9)8-22-23(19,20)21)11(18)16-6-5-15(4)12(2,3)7-16/h4-10H,1-3H3;5-8H2,1-4H3,(H2,19,20,21). The molecular formula is C29H38FN8O6P. The van der Waals surface area contributed by atoms with Gasteiger partial charge in [-0.3, -0.25) is 19.0 Å². The molecule has 0 atom stereocenters. The maximum absolute atomic E-state index is 13.1. The van der Waals surface area contributed by atoms with E-state index in [1.807, 2.05) is 27.0 Å². The van der Waals surface area contributed by atoms with E-state index in [0.717, 1.165) is 22.4 Å². The van der Waals surface area contributed by atoms with Crippen LogP contribution in [-0.2, 0) is 21.2 Å². The van der Waals surface area contributed by atoms with Crippen molar-refractivity contribution < 1.29 is 32.9 Å². The van der Waals surface area contributed by atoms with Crippen LogP contribution in [0.3, 0.4) is 0 Å². The third-order valence-electron chi connectivity index (χ3n) is 7.43. The number of fused-ring (bicyclic) bond motifs is 1. The minimum atomic E-state index is -4.65. The molecule has 4 aromatic rings. The summed E-state index contributed by atoms with van der Waals surface area (Å²) in [6.45, 7) is 13.2. The molecule has 0 unspecified atom stereocenters. The third-order valence-corrected chi connectivity index (χ3v) is 7.89. The summed E-state index contributed by atoms with van der Waals surface area (Å²) in [5.74, 6) is -0.278. The molecule has 3 aromatic heterocycles. The van der Waals surface area contributed by atoms with Crippen LogP contribution < -0.4 is 0 Å². The monoisotopic (exact) mass is 644 g/mol. The molecule has 1 aliphatic rings. The average Bonchev–Trinajstić information content (AvgIpc) is 3.55. The van der Waals surface area contributed by atoms with Crippen LogP contribution in [0.2, 0.25) is 0 Å². The lowest BCUT2D eigenvalue weighted by Crippen LogP contribution is -2.59. The van der Waals surface area contributed by atoms with E-state index in [4.69, 9.17) is 9.79 Å². The Labute approximate surface area is 260 Å². The van der Waals surface area contributed by atoms with E-state index in [1.54, 1.807) is 34.7 Å². The van der Waals surface area contributed by atoms with E-state index >= 15 is 0 Å². The molecule has 0 radical (unpaired) electrons. The summed E-state index contributed by atoms with van der Waals surface area (Å²) >= 11 is 0. The number of imidazole rings is 1. The fourth-order valence-corrected chi connectivity index (χ4v) is 5.01. The molecule has 5 rings (SSSR count). The number of carbonyl (C=O) groups excluding carboxylic acids is 2. The molecule has 1 fully saturated rings. The van der Waals surface area contributed by atoms with Crippen molar-refractivity contribution >= 4 is 25.7 Å². The van der Waals surface area contributed by atoms with Crippen LogP contribution in [0.15, 0.2) is 36.5 Å². The molecule has 1 aliphatic heterocycles. The Bertz CT molecular complexity index is 1740. The summed E-state index contributed by atoms with van der Waals surface area (Å²) in [5, 5.41) is 8.45. The van der Waals surface area contributed by atoms with Crippen molar-refractivity contribution in [2.45, 2.75) is 59.2 Å². The van der Waals surface area contributed by atoms with Gasteiger partial charge in [0.25, 0.3) is 5.91 Å². The first-order valence-electron chi connectivity index (χ1n) is 14.1. The SMILES string of the molecule is CC(C)(C)c1cc(-c2ccc(F)cc2)nn2cc(C=O)nc12.Cc1nc(C(=O)N2CCN(C)C(C)(C)C2)n(COP(=O)(O)O)n1. The summed E-state index contributed by atoms with van der Waals surface area (Å²) in [4.78, 5) is 53.5. The van der Waals surface area contributed by atoms with Gasteiger partial charge in [0.05, 0.1) is 11.9 Å². The Balaban J connectivity index is 0.000000205. The molecule has 0 aliphatic carbocycles. The number of benzene rings is 1. The van der Waals surface area contributed by atoms with Gasteiger partial charge < -0.3 is 14.7 Å². The molecule has 1 amide bonds. The first-order valence-corrected chi connectivity index (χ1v) is 15.6. The third kappa shape index (κ3) is 8.24. The lowest BCUT2D eigenvalue weighted by atomic mass is 9.87. The highest BCUT2D eigenvalue weighted by atomic mass is 31.2. The van der Waals surface area contributed by atoms with E-state index in [2.05, 4.69) is 50.4 Å². The molecule has 4 heterocycles. The second kappa shape index (κ2) is 12.9. The molecule has 16 heteroatoms. The number of nitrogens with zero attached hydrogens (tertiary/aromatic N) is 8. The van der Waals surface area contributed by atoms with Crippen molar-refractivity contribution in [1.82, 2.24) is 39.2 Å². The Morgan fingerprint density at radius 2 is 1.80 bits per heavy atom. The summed E-state index contributed by atoms with van der Waals surface area (Å²) in [6.07, 6.45) is 2.31. The normalized spacial score (nSPS) is 15.6. The number of aldehydes is 1. The second-order valence-electron chi connectivity index (χ2n) is 12.4. The fourth-order valence-electron chi connectivity index (χ4n) is 4.75. The summed E-state index contributed by atoms with van der Waals surface area (Å²) in [7, 11) is -2.65. The van der Waals surface area contributed by atoms with Crippen LogP contribution in [0.1, 0.15) is 67.1 Å². The zero-order valence-electron chi connectivity index (χ0n) is 26.3. The minimum Gasteiger partial charge on any atom is -0.333 e. The summed E-state index contributed by atoms with van der Waals surface area (Å²) in [6, 6.07) is 8.14. The zero-order valence-corrected chi connectivity index (χ0v) is 27.2. The Hall–Kier alpha value is -3.88. The molecule has 0 spiro atoms. The van der Waals surface area contributed by atoms with Gasteiger partial charge in [-0.2, -0.15) is 10.2 Å². The van der Waals surface area contributed by atoms with Crippen LogP contribution >= 0.6 is 7.82 Å². The number of hydrogen-bond acceptors (Lipinski definition) is 9. The Kier molecular flexibility index (Phi) is 9.71. The number of likely N-dealkylation sites (N-methyl/N-ethyl adjacent to an activating group) is 1. The molecule has 0 saturated carbocycles. The van der Waals surface area contributed by atoms with Crippen molar-refractivity contribution in [3.63, 3.8) is 0 Å². The van der Waals surface area contributed by atoms with Crippen molar-refractivity contribution in [2.75, 3.05) is 26.7 Å². The molecule has 1 saturated heterocycles. The summed E-state index contributed by atoms with van der Waals surface area (Å²) < 4.78 is 31.0. The first kappa shape index (κ1) is 34.0. The zero-order chi connectivity index (χ0) is 33.3. The van der Waals surface area contributed by atoms with Gasteiger partial charge in [0.15, 0.2) is 18.7 Å². The molecule has 242 valence electrons. The fraction of sp³-hybridized carbons (Fsp3) is 0.448. The maximum atomic E-state index is 13.1. The highest BCUT2D eigenvalue weighted by Crippen LogP contribution is 2.36. The largest absolute Gasteiger partial charge is 0.471 e. The van der Waals surface area contributed by atoms with Gasteiger partial charge in [0, 0.05) is 36.3 Å². The Morgan fingerprint density at radius 3 is 2.38 bits per heavy atom. The average molecular weight is 645 g/mol. The lowest BCUT2D eigenvalue weighted by Gasteiger charge is -2.45. The number of aromatic nitrogens is 6.